The largest absolute Gasteiger partial charge is 0.387 e. The summed E-state index contributed by atoms with van der Waals surface area (Å²) in [5.74, 6) is 0.782. The molecule has 0 spiro atoms. The first-order chi connectivity index (χ1) is 7.54. The van der Waals surface area contributed by atoms with E-state index in [9.17, 15) is 0 Å². The minimum Gasteiger partial charge on any atom is -0.387 e. The number of hydrogen-bond acceptors (Lipinski definition) is 2. The van der Waals surface area contributed by atoms with E-state index in [4.69, 9.17) is 0 Å². The molecule has 1 atom stereocenters. The molecule has 0 radical (unpaired) electrons. The lowest BCUT2D eigenvalue weighted by Crippen LogP contribution is -2.41. The Morgan fingerprint density at radius 1 is 1.38 bits per heavy atom. The molecule has 0 amide bonds. The van der Waals surface area contributed by atoms with Crippen molar-refractivity contribution in [1.29, 1.82) is 0 Å². The Kier molecular flexibility index (Phi) is 5.33. The number of allylic oxidation sites excluding steroid dienone is 1. The zero-order chi connectivity index (χ0) is 12.1. The Labute approximate surface area is 101 Å². The van der Waals surface area contributed by atoms with Gasteiger partial charge in [0, 0.05) is 24.8 Å². The fourth-order valence-electron chi connectivity index (χ4n) is 2.43. The van der Waals surface area contributed by atoms with Gasteiger partial charge in [0.05, 0.1) is 0 Å². The van der Waals surface area contributed by atoms with Crippen LogP contribution >= 0.6 is 0 Å². The first-order valence-corrected chi connectivity index (χ1v) is 6.68. The zero-order valence-corrected chi connectivity index (χ0v) is 11.6. The van der Waals surface area contributed by atoms with Crippen LogP contribution in [0, 0.1) is 5.92 Å². The molecule has 0 saturated carbocycles. The van der Waals surface area contributed by atoms with Gasteiger partial charge in [0.15, 0.2) is 0 Å². The average Bonchev–Trinajstić information content (AvgIpc) is 2.32. The van der Waals surface area contributed by atoms with Gasteiger partial charge in [0.25, 0.3) is 0 Å². The molecule has 0 aromatic carbocycles. The van der Waals surface area contributed by atoms with Crippen molar-refractivity contribution in [2.24, 2.45) is 5.92 Å². The van der Waals surface area contributed by atoms with Crippen molar-refractivity contribution < 1.29 is 0 Å². The number of nitrogens with one attached hydrogen (secondary N) is 1. The summed E-state index contributed by atoms with van der Waals surface area (Å²) in [4.78, 5) is 2.65. The van der Waals surface area contributed by atoms with E-state index in [0.717, 1.165) is 19.0 Å². The third-order valence-corrected chi connectivity index (χ3v) is 3.45. The van der Waals surface area contributed by atoms with Crippen LogP contribution in [0.2, 0.25) is 0 Å². The van der Waals surface area contributed by atoms with E-state index in [0.29, 0.717) is 6.04 Å². The summed E-state index contributed by atoms with van der Waals surface area (Å²) in [6.07, 6.45) is 2.55. The summed E-state index contributed by atoms with van der Waals surface area (Å²) < 4.78 is 0. The van der Waals surface area contributed by atoms with Gasteiger partial charge in [-0.2, -0.15) is 0 Å². The molecular formula is C14H28N2. The fourth-order valence-corrected chi connectivity index (χ4v) is 2.43. The minimum absolute atomic E-state index is 0.701. The van der Waals surface area contributed by atoms with Crippen LogP contribution in [0.1, 0.15) is 47.5 Å². The van der Waals surface area contributed by atoms with Gasteiger partial charge >= 0.3 is 0 Å². The molecule has 0 aromatic heterocycles. The number of nitrogens with zero attached hydrogens (tertiary/aromatic N) is 1. The van der Waals surface area contributed by atoms with E-state index in [1.165, 1.54) is 30.7 Å². The highest BCUT2D eigenvalue weighted by Crippen LogP contribution is 2.17. The summed E-state index contributed by atoms with van der Waals surface area (Å²) >= 11 is 0. The lowest BCUT2D eigenvalue weighted by Gasteiger charge is -2.31. The summed E-state index contributed by atoms with van der Waals surface area (Å²) in [5, 5.41) is 3.58. The molecule has 2 heteroatoms. The summed E-state index contributed by atoms with van der Waals surface area (Å²) in [7, 11) is 0. The molecule has 0 aromatic rings. The van der Waals surface area contributed by atoms with Crippen molar-refractivity contribution in [3.63, 3.8) is 0 Å². The summed E-state index contributed by atoms with van der Waals surface area (Å²) in [6, 6.07) is 0.701. The topological polar surface area (TPSA) is 15.3 Å². The van der Waals surface area contributed by atoms with Crippen molar-refractivity contribution >= 4 is 0 Å². The van der Waals surface area contributed by atoms with E-state index in [2.05, 4.69) is 44.8 Å². The fraction of sp³-hybridized carbons (Fsp3) is 0.857. The van der Waals surface area contributed by atoms with E-state index in [-0.39, 0.29) is 0 Å². The molecule has 1 N–H and O–H groups in total. The van der Waals surface area contributed by atoms with E-state index in [1.807, 2.05) is 0 Å². The van der Waals surface area contributed by atoms with Crippen molar-refractivity contribution in [2.45, 2.75) is 53.5 Å². The highest BCUT2D eigenvalue weighted by Gasteiger charge is 2.22. The molecule has 1 heterocycles. The molecular weight excluding hydrogens is 196 g/mol. The summed E-state index contributed by atoms with van der Waals surface area (Å²) in [6.45, 7) is 14.9. The van der Waals surface area contributed by atoms with Crippen LogP contribution in [0.3, 0.4) is 0 Å². The van der Waals surface area contributed by atoms with Crippen LogP contribution in [0.4, 0.5) is 0 Å². The molecule has 1 rings (SSSR count). The van der Waals surface area contributed by atoms with Crippen molar-refractivity contribution in [3.05, 3.63) is 11.3 Å². The third-order valence-electron chi connectivity index (χ3n) is 3.45. The molecule has 94 valence electrons. The quantitative estimate of drug-likeness (QED) is 0.789. The lowest BCUT2D eigenvalue weighted by molar-refractivity contribution is 0.192. The second-order valence-corrected chi connectivity index (χ2v) is 5.54. The van der Waals surface area contributed by atoms with Crippen LogP contribution in [-0.2, 0) is 0 Å². The van der Waals surface area contributed by atoms with Crippen LogP contribution in [0.15, 0.2) is 11.3 Å². The number of rotatable bonds is 4. The predicted octanol–water partition coefficient (Wildman–Crippen LogP) is 3.01. The zero-order valence-electron chi connectivity index (χ0n) is 11.6. The monoisotopic (exact) mass is 224 g/mol. The highest BCUT2D eigenvalue weighted by atomic mass is 15.2. The SMILES string of the molecule is CCCN1CC(C)=C(C)NC[C@H]1CC(C)C. The van der Waals surface area contributed by atoms with Gasteiger partial charge in [0.2, 0.25) is 0 Å². The molecule has 1 aliphatic heterocycles. The van der Waals surface area contributed by atoms with Gasteiger partial charge in [-0.3, -0.25) is 4.90 Å². The van der Waals surface area contributed by atoms with Gasteiger partial charge < -0.3 is 5.32 Å². The van der Waals surface area contributed by atoms with Gasteiger partial charge in [-0.1, -0.05) is 20.8 Å². The summed E-state index contributed by atoms with van der Waals surface area (Å²) in [5.41, 5.74) is 2.88. The Morgan fingerprint density at radius 2 is 2.06 bits per heavy atom. The van der Waals surface area contributed by atoms with Crippen LogP contribution in [-0.4, -0.2) is 30.6 Å². The predicted molar refractivity (Wildman–Crippen MR) is 71.5 cm³/mol. The molecule has 0 bridgehead atoms. The smallest absolute Gasteiger partial charge is 0.0300 e. The van der Waals surface area contributed by atoms with Gasteiger partial charge in [0.1, 0.15) is 0 Å². The van der Waals surface area contributed by atoms with Crippen LogP contribution in [0.25, 0.3) is 0 Å². The highest BCUT2D eigenvalue weighted by molar-refractivity contribution is 5.12. The lowest BCUT2D eigenvalue weighted by atomic mass is 10.0. The third kappa shape index (κ3) is 3.82. The van der Waals surface area contributed by atoms with Crippen molar-refractivity contribution in [1.82, 2.24) is 10.2 Å². The van der Waals surface area contributed by atoms with Crippen LogP contribution in [0.5, 0.6) is 0 Å². The first-order valence-electron chi connectivity index (χ1n) is 6.68. The Bertz CT molecular complexity index is 243. The normalized spacial score (nSPS) is 23.5. The maximum absolute atomic E-state index is 3.58. The van der Waals surface area contributed by atoms with E-state index < -0.39 is 0 Å². The Hall–Kier alpha value is -0.500. The van der Waals surface area contributed by atoms with E-state index in [1.54, 1.807) is 0 Å². The van der Waals surface area contributed by atoms with Gasteiger partial charge in [-0.25, -0.2) is 0 Å². The maximum atomic E-state index is 3.58. The molecule has 0 aliphatic carbocycles. The van der Waals surface area contributed by atoms with Crippen LogP contribution < -0.4 is 5.32 Å². The first kappa shape index (κ1) is 13.6. The average molecular weight is 224 g/mol. The van der Waals surface area contributed by atoms with Gasteiger partial charge in [-0.15, -0.1) is 0 Å². The van der Waals surface area contributed by atoms with E-state index >= 15 is 0 Å². The molecule has 0 saturated heterocycles. The van der Waals surface area contributed by atoms with Crippen molar-refractivity contribution in [2.75, 3.05) is 19.6 Å². The maximum Gasteiger partial charge on any atom is 0.0300 e. The number of hydrogen-bond donors (Lipinski definition) is 1. The molecule has 0 fully saturated rings. The Balaban J connectivity index is 2.69. The second-order valence-electron chi connectivity index (χ2n) is 5.54. The molecule has 1 aliphatic rings. The molecule has 16 heavy (non-hydrogen) atoms. The minimum atomic E-state index is 0.701. The van der Waals surface area contributed by atoms with Crippen molar-refractivity contribution in [3.8, 4) is 0 Å². The molecule has 0 unspecified atom stereocenters. The second kappa shape index (κ2) is 6.29. The Morgan fingerprint density at radius 3 is 2.62 bits per heavy atom. The standard InChI is InChI=1S/C14H28N2/c1-6-7-16-10-12(4)13(5)15-9-14(16)8-11(2)3/h11,14-15H,6-10H2,1-5H3/t14-/m1/s1. The molecule has 2 nitrogen and oxygen atoms in total. The van der Waals surface area contributed by atoms with Gasteiger partial charge in [-0.05, 0) is 44.7 Å².